The number of fused-ring (bicyclic) bond motifs is 1. The first-order valence-electron chi connectivity index (χ1n) is 10.4. The molecule has 1 saturated heterocycles. The molecule has 2 heterocycles. The lowest BCUT2D eigenvalue weighted by molar-refractivity contribution is -0.137. The maximum atomic E-state index is 13.0. The number of hydrogen-bond acceptors (Lipinski definition) is 4. The summed E-state index contributed by atoms with van der Waals surface area (Å²) in [4.78, 5) is 16.0. The summed E-state index contributed by atoms with van der Waals surface area (Å²) in [6, 6.07) is 11.4. The zero-order valence-electron chi connectivity index (χ0n) is 17.7. The molecule has 2 aromatic carbocycles. The molecule has 1 fully saturated rings. The molecule has 0 radical (unpaired) electrons. The Morgan fingerprint density at radius 1 is 1.06 bits per heavy atom. The third-order valence-corrected chi connectivity index (χ3v) is 5.92. The number of oxazole rings is 1. The smallest absolute Gasteiger partial charge is 0.408 e. The van der Waals surface area contributed by atoms with Crippen molar-refractivity contribution in [3.63, 3.8) is 0 Å². The van der Waals surface area contributed by atoms with Gasteiger partial charge < -0.3 is 9.32 Å². The minimum absolute atomic E-state index is 0.362. The van der Waals surface area contributed by atoms with Crippen molar-refractivity contribution in [3.8, 4) is 0 Å². The maximum Gasteiger partial charge on any atom is 0.419 e. The second-order valence-electron chi connectivity index (χ2n) is 8.37. The molecule has 4 rings (SSSR count). The molecule has 1 aromatic heterocycles. The van der Waals surface area contributed by atoms with Gasteiger partial charge in [-0.05, 0) is 48.2 Å². The number of rotatable bonds is 5. The molecule has 1 aliphatic rings. The number of aryl methyl sites for hydroxylation is 1. The van der Waals surface area contributed by atoms with Crippen LogP contribution in [0.5, 0.6) is 0 Å². The normalized spacial score (nSPS) is 16.7. The maximum absolute atomic E-state index is 13.0. The van der Waals surface area contributed by atoms with Crippen molar-refractivity contribution in [1.29, 1.82) is 0 Å². The molecular weight excluding hydrogens is 407 g/mol. The first-order valence-corrected chi connectivity index (χ1v) is 10.4. The van der Waals surface area contributed by atoms with Gasteiger partial charge in [0.05, 0.1) is 11.1 Å². The van der Waals surface area contributed by atoms with E-state index in [4.69, 9.17) is 4.42 Å². The second-order valence-corrected chi connectivity index (χ2v) is 8.37. The molecule has 0 aliphatic carbocycles. The number of piperazine rings is 1. The Kier molecular flexibility index (Phi) is 5.83. The predicted octanol–water partition coefficient (Wildman–Crippen LogP) is 4.15. The number of nitrogens with zero attached hydrogens (tertiary/aromatic N) is 3. The number of hydrogen-bond donors (Lipinski definition) is 0. The zero-order chi connectivity index (χ0) is 22.2. The summed E-state index contributed by atoms with van der Waals surface area (Å²) < 4.78 is 45.7. The van der Waals surface area contributed by atoms with Crippen LogP contribution >= 0.6 is 0 Å². The first-order chi connectivity index (χ1) is 14.7. The van der Waals surface area contributed by atoms with E-state index in [0.29, 0.717) is 30.3 Å². The van der Waals surface area contributed by atoms with Crippen LogP contribution in [0, 0.1) is 5.92 Å². The van der Waals surface area contributed by atoms with Gasteiger partial charge in [-0.15, -0.1) is 0 Å². The van der Waals surface area contributed by atoms with E-state index in [1.165, 1.54) is 16.7 Å². The van der Waals surface area contributed by atoms with E-state index >= 15 is 0 Å². The van der Waals surface area contributed by atoms with E-state index in [0.717, 1.165) is 43.2 Å². The van der Waals surface area contributed by atoms with Gasteiger partial charge in [-0.2, -0.15) is 13.2 Å². The summed E-state index contributed by atoms with van der Waals surface area (Å²) in [7, 11) is 1.69. The Bertz CT molecular complexity index is 1110. The molecule has 8 heteroatoms. The van der Waals surface area contributed by atoms with Crippen molar-refractivity contribution in [2.75, 3.05) is 37.6 Å². The van der Waals surface area contributed by atoms with E-state index in [1.807, 2.05) is 23.1 Å². The zero-order valence-corrected chi connectivity index (χ0v) is 17.7. The Balaban J connectivity index is 1.32. The molecule has 1 aliphatic heterocycles. The van der Waals surface area contributed by atoms with Gasteiger partial charge in [0.2, 0.25) is 0 Å². The van der Waals surface area contributed by atoms with Crippen LogP contribution in [0.25, 0.3) is 11.1 Å². The topological polar surface area (TPSA) is 41.6 Å². The molecule has 3 aromatic rings. The van der Waals surface area contributed by atoms with E-state index < -0.39 is 11.7 Å². The van der Waals surface area contributed by atoms with Gasteiger partial charge in [0.15, 0.2) is 5.58 Å². The largest absolute Gasteiger partial charge is 0.419 e. The van der Waals surface area contributed by atoms with E-state index in [1.54, 1.807) is 13.1 Å². The highest BCUT2D eigenvalue weighted by atomic mass is 19.4. The summed E-state index contributed by atoms with van der Waals surface area (Å²) in [5.41, 5.74) is 2.53. The predicted molar refractivity (Wildman–Crippen MR) is 114 cm³/mol. The van der Waals surface area contributed by atoms with Crippen molar-refractivity contribution in [3.05, 3.63) is 64.1 Å². The number of benzene rings is 2. The highest BCUT2D eigenvalue weighted by Crippen LogP contribution is 2.32. The van der Waals surface area contributed by atoms with Crippen molar-refractivity contribution < 1.29 is 17.6 Å². The van der Waals surface area contributed by atoms with Crippen LogP contribution in [-0.2, 0) is 19.6 Å². The highest BCUT2D eigenvalue weighted by Gasteiger charge is 2.31. The number of halogens is 3. The van der Waals surface area contributed by atoms with Gasteiger partial charge in [0, 0.05) is 45.5 Å². The van der Waals surface area contributed by atoms with Crippen LogP contribution in [0.3, 0.4) is 0 Å². The van der Waals surface area contributed by atoms with Gasteiger partial charge in [-0.1, -0.05) is 19.1 Å². The molecule has 1 atom stereocenters. The van der Waals surface area contributed by atoms with Gasteiger partial charge >= 0.3 is 11.9 Å². The van der Waals surface area contributed by atoms with Crippen molar-refractivity contribution in [2.24, 2.45) is 13.0 Å². The van der Waals surface area contributed by atoms with Gasteiger partial charge in [-0.25, -0.2) is 4.79 Å². The summed E-state index contributed by atoms with van der Waals surface area (Å²) in [6.45, 7) is 6.13. The molecule has 166 valence electrons. The standard InChI is InChI=1S/C23H26F3N3O2/c1-16(12-17-6-7-20-21(13-17)31-22(30)27(20)2)15-28-8-10-29(11-9-28)19-5-3-4-18(14-19)23(24,25)26/h3-7,13-14,16H,8-12,15H2,1-2H3. The van der Waals surface area contributed by atoms with Crippen LogP contribution in [-0.4, -0.2) is 42.2 Å². The van der Waals surface area contributed by atoms with Crippen LogP contribution in [0.15, 0.2) is 51.7 Å². The quantitative estimate of drug-likeness (QED) is 0.606. The lowest BCUT2D eigenvalue weighted by Crippen LogP contribution is -2.47. The Hall–Kier alpha value is -2.74. The van der Waals surface area contributed by atoms with E-state index in [9.17, 15) is 18.0 Å². The first kappa shape index (κ1) is 21.5. The number of anilines is 1. The number of aromatic nitrogens is 1. The highest BCUT2D eigenvalue weighted by molar-refractivity contribution is 5.73. The van der Waals surface area contributed by atoms with E-state index in [2.05, 4.69) is 11.8 Å². The minimum atomic E-state index is -4.32. The molecule has 0 amide bonds. The van der Waals surface area contributed by atoms with Gasteiger partial charge in [0.1, 0.15) is 0 Å². The van der Waals surface area contributed by atoms with Crippen molar-refractivity contribution in [1.82, 2.24) is 9.47 Å². The summed E-state index contributed by atoms with van der Waals surface area (Å²) >= 11 is 0. The lowest BCUT2D eigenvalue weighted by Gasteiger charge is -2.37. The Labute approximate surface area is 178 Å². The van der Waals surface area contributed by atoms with Gasteiger partial charge in [0.25, 0.3) is 0 Å². The fraction of sp³-hybridized carbons (Fsp3) is 0.435. The summed E-state index contributed by atoms with van der Waals surface area (Å²) in [6.07, 6.45) is -3.46. The van der Waals surface area contributed by atoms with Crippen molar-refractivity contribution >= 4 is 16.8 Å². The Morgan fingerprint density at radius 3 is 2.52 bits per heavy atom. The monoisotopic (exact) mass is 433 g/mol. The number of alkyl halides is 3. The fourth-order valence-corrected chi connectivity index (χ4v) is 4.28. The van der Waals surface area contributed by atoms with Crippen LogP contribution < -0.4 is 10.7 Å². The second kappa shape index (κ2) is 8.42. The molecule has 0 bridgehead atoms. The van der Waals surface area contributed by atoms with E-state index in [-0.39, 0.29) is 5.76 Å². The van der Waals surface area contributed by atoms with Crippen molar-refractivity contribution in [2.45, 2.75) is 19.5 Å². The minimum Gasteiger partial charge on any atom is -0.408 e. The molecule has 0 N–H and O–H groups in total. The van der Waals surface area contributed by atoms with Gasteiger partial charge in [-0.3, -0.25) is 9.47 Å². The van der Waals surface area contributed by atoms with Crippen LogP contribution in [0.4, 0.5) is 18.9 Å². The molecule has 31 heavy (non-hydrogen) atoms. The molecule has 5 nitrogen and oxygen atoms in total. The summed E-state index contributed by atoms with van der Waals surface area (Å²) in [5.74, 6) is 0.0341. The fourth-order valence-electron chi connectivity index (χ4n) is 4.28. The van der Waals surface area contributed by atoms with Crippen LogP contribution in [0.1, 0.15) is 18.1 Å². The average Bonchev–Trinajstić information content (AvgIpc) is 3.01. The molecule has 0 saturated carbocycles. The molecule has 1 unspecified atom stereocenters. The lowest BCUT2D eigenvalue weighted by atomic mass is 10.00. The van der Waals surface area contributed by atoms with Crippen LogP contribution in [0.2, 0.25) is 0 Å². The third-order valence-electron chi connectivity index (χ3n) is 5.92. The molecular formula is C23H26F3N3O2. The Morgan fingerprint density at radius 2 is 1.81 bits per heavy atom. The molecule has 0 spiro atoms. The third kappa shape index (κ3) is 4.79. The summed E-state index contributed by atoms with van der Waals surface area (Å²) in [5, 5.41) is 0. The average molecular weight is 433 g/mol. The SMILES string of the molecule is CC(Cc1ccc2c(c1)oc(=O)n2C)CN1CCN(c2cccc(C(F)(F)F)c2)CC1.